The van der Waals surface area contributed by atoms with Gasteiger partial charge >= 0.3 is 0 Å². The first kappa shape index (κ1) is 18.2. The molecule has 0 unspecified atom stereocenters. The van der Waals surface area contributed by atoms with Gasteiger partial charge in [-0.05, 0) is 37.3 Å². The van der Waals surface area contributed by atoms with Gasteiger partial charge in [-0.3, -0.25) is 4.57 Å². The molecular formula is C19H16FN5O2S. The Labute approximate surface area is 164 Å². The zero-order valence-corrected chi connectivity index (χ0v) is 15.8. The summed E-state index contributed by atoms with van der Waals surface area (Å²) in [6.07, 6.45) is 3.41. The van der Waals surface area contributed by atoms with Crippen molar-refractivity contribution in [1.82, 2.24) is 24.9 Å². The van der Waals surface area contributed by atoms with Gasteiger partial charge in [-0.1, -0.05) is 23.0 Å². The number of aryl methyl sites for hydroxylation is 1. The van der Waals surface area contributed by atoms with Crippen LogP contribution in [0.15, 0.2) is 63.3 Å². The third-order valence-corrected chi connectivity index (χ3v) is 4.98. The van der Waals surface area contributed by atoms with E-state index in [1.807, 2.05) is 17.6 Å². The minimum absolute atomic E-state index is 0.312. The minimum atomic E-state index is -0.312. The molecule has 7 nitrogen and oxygen atoms in total. The normalized spacial score (nSPS) is 11.1. The predicted molar refractivity (Wildman–Crippen MR) is 102 cm³/mol. The van der Waals surface area contributed by atoms with Gasteiger partial charge < -0.3 is 8.94 Å². The third-order valence-electron chi connectivity index (χ3n) is 4.02. The van der Waals surface area contributed by atoms with E-state index in [1.165, 1.54) is 23.9 Å². The fourth-order valence-electron chi connectivity index (χ4n) is 2.66. The quantitative estimate of drug-likeness (QED) is 0.335. The van der Waals surface area contributed by atoms with Gasteiger partial charge in [-0.2, -0.15) is 4.98 Å². The Hall–Kier alpha value is -3.20. The predicted octanol–water partition coefficient (Wildman–Crippen LogP) is 4.51. The van der Waals surface area contributed by atoms with Crippen LogP contribution in [0, 0.1) is 12.7 Å². The zero-order chi connectivity index (χ0) is 19.5. The van der Waals surface area contributed by atoms with E-state index in [0.29, 0.717) is 40.6 Å². The fourth-order valence-corrected chi connectivity index (χ4v) is 3.45. The Morgan fingerprint density at radius 2 is 2.04 bits per heavy atom. The first-order chi connectivity index (χ1) is 13.7. The van der Waals surface area contributed by atoms with Crippen LogP contribution >= 0.6 is 11.8 Å². The largest absolute Gasteiger partial charge is 0.469 e. The van der Waals surface area contributed by atoms with Gasteiger partial charge in [-0.15, -0.1) is 16.8 Å². The van der Waals surface area contributed by atoms with Gasteiger partial charge in [0.05, 0.1) is 17.6 Å². The molecule has 0 amide bonds. The molecule has 3 aromatic heterocycles. The van der Waals surface area contributed by atoms with Gasteiger partial charge in [0.2, 0.25) is 11.7 Å². The molecule has 0 N–H and O–H groups in total. The number of hydrogen-bond acceptors (Lipinski definition) is 7. The van der Waals surface area contributed by atoms with Crippen LogP contribution in [0.1, 0.15) is 11.7 Å². The van der Waals surface area contributed by atoms with E-state index in [1.54, 1.807) is 24.5 Å². The summed E-state index contributed by atoms with van der Waals surface area (Å²) < 4.78 is 25.7. The lowest BCUT2D eigenvalue weighted by molar-refractivity contribution is 0.391. The van der Waals surface area contributed by atoms with Crippen molar-refractivity contribution in [3.8, 4) is 22.8 Å². The van der Waals surface area contributed by atoms with Gasteiger partial charge in [0, 0.05) is 12.1 Å². The van der Waals surface area contributed by atoms with Crippen LogP contribution in [-0.4, -0.2) is 24.9 Å². The number of furan rings is 1. The maximum Gasteiger partial charge on any atom is 0.237 e. The Bertz CT molecular complexity index is 1100. The average molecular weight is 397 g/mol. The summed E-state index contributed by atoms with van der Waals surface area (Å²) in [7, 11) is 0. The van der Waals surface area contributed by atoms with Crippen molar-refractivity contribution in [2.24, 2.45) is 0 Å². The van der Waals surface area contributed by atoms with Crippen molar-refractivity contribution < 1.29 is 13.3 Å². The number of aromatic nitrogens is 5. The monoisotopic (exact) mass is 397 g/mol. The second-order valence-corrected chi connectivity index (χ2v) is 6.85. The van der Waals surface area contributed by atoms with Crippen LogP contribution in [-0.2, 0) is 12.3 Å². The van der Waals surface area contributed by atoms with E-state index in [-0.39, 0.29) is 5.82 Å². The van der Waals surface area contributed by atoms with Gasteiger partial charge in [0.25, 0.3) is 0 Å². The number of rotatable bonds is 7. The Balaban J connectivity index is 1.52. The smallest absolute Gasteiger partial charge is 0.237 e. The number of benzene rings is 1. The number of thioether (sulfide) groups is 1. The summed E-state index contributed by atoms with van der Waals surface area (Å²) in [6.45, 7) is 6.24. The fraction of sp³-hybridized carbons (Fsp3) is 0.158. The minimum Gasteiger partial charge on any atom is -0.469 e. The van der Waals surface area contributed by atoms with Crippen molar-refractivity contribution in [2.45, 2.75) is 24.4 Å². The summed E-state index contributed by atoms with van der Waals surface area (Å²) in [5, 5.41) is 13.2. The molecule has 0 saturated carbocycles. The molecule has 9 heteroatoms. The van der Waals surface area contributed by atoms with Crippen molar-refractivity contribution >= 4 is 11.8 Å². The average Bonchev–Trinajstić information content (AvgIpc) is 3.41. The molecular weight excluding hydrogens is 381 g/mol. The number of allylic oxidation sites excluding steroid dienone is 1. The third kappa shape index (κ3) is 3.61. The molecule has 142 valence electrons. The molecule has 0 atom stereocenters. The molecule has 0 spiro atoms. The first-order valence-electron chi connectivity index (χ1n) is 8.45. The Kier molecular flexibility index (Phi) is 5.07. The lowest BCUT2D eigenvalue weighted by atomic mass is 10.2. The van der Waals surface area contributed by atoms with Crippen LogP contribution in [0.25, 0.3) is 22.8 Å². The lowest BCUT2D eigenvalue weighted by Gasteiger charge is -2.06. The molecule has 0 bridgehead atoms. The van der Waals surface area contributed by atoms with Crippen LogP contribution in [0.2, 0.25) is 0 Å². The standard InChI is InChI=1S/C19H16FN5O2S/c1-3-9-25-18(15-8-10-26-12(15)2)22-23-19(25)28-11-16-21-17(24-27-16)13-4-6-14(20)7-5-13/h3-8,10H,1,9,11H2,2H3. The molecule has 4 aromatic rings. The number of hydrogen-bond donors (Lipinski definition) is 0. The molecule has 28 heavy (non-hydrogen) atoms. The molecule has 0 aliphatic rings. The van der Waals surface area contributed by atoms with E-state index >= 15 is 0 Å². The molecule has 3 heterocycles. The van der Waals surface area contributed by atoms with E-state index in [9.17, 15) is 4.39 Å². The van der Waals surface area contributed by atoms with Crippen LogP contribution < -0.4 is 0 Å². The van der Waals surface area contributed by atoms with Crippen molar-refractivity contribution in [2.75, 3.05) is 0 Å². The molecule has 1 aromatic carbocycles. The topological polar surface area (TPSA) is 82.8 Å². The van der Waals surface area contributed by atoms with E-state index in [4.69, 9.17) is 8.94 Å². The lowest BCUT2D eigenvalue weighted by Crippen LogP contribution is -2.00. The highest BCUT2D eigenvalue weighted by molar-refractivity contribution is 7.98. The summed E-state index contributed by atoms with van der Waals surface area (Å²) >= 11 is 1.43. The highest BCUT2D eigenvalue weighted by Crippen LogP contribution is 2.29. The maximum absolute atomic E-state index is 13.0. The van der Waals surface area contributed by atoms with Crippen molar-refractivity contribution in [1.29, 1.82) is 0 Å². The summed E-state index contributed by atoms with van der Waals surface area (Å²) in [6, 6.07) is 7.80. The molecule has 0 radical (unpaired) electrons. The van der Waals surface area contributed by atoms with Gasteiger partial charge in [-0.25, -0.2) is 4.39 Å². The maximum atomic E-state index is 13.0. The molecule has 0 saturated heterocycles. The Morgan fingerprint density at radius 3 is 2.75 bits per heavy atom. The molecule has 4 rings (SSSR count). The van der Waals surface area contributed by atoms with Gasteiger partial charge in [0.1, 0.15) is 11.6 Å². The van der Waals surface area contributed by atoms with Crippen LogP contribution in [0.5, 0.6) is 0 Å². The van der Waals surface area contributed by atoms with Crippen molar-refractivity contribution in [3.05, 3.63) is 66.7 Å². The highest BCUT2D eigenvalue weighted by Gasteiger charge is 2.18. The Morgan fingerprint density at radius 1 is 1.21 bits per heavy atom. The molecule has 0 fully saturated rings. The summed E-state index contributed by atoms with van der Waals surface area (Å²) in [5.41, 5.74) is 1.58. The SMILES string of the molecule is C=CCn1c(SCc2nc(-c3ccc(F)cc3)no2)nnc1-c1ccoc1C. The second kappa shape index (κ2) is 7.81. The van der Waals surface area contributed by atoms with Gasteiger partial charge in [0.15, 0.2) is 11.0 Å². The summed E-state index contributed by atoms with van der Waals surface area (Å²) in [5.74, 6) is 2.46. The van der Waals surface area contributed by atoms with Crippen LogP contribution in [0.4, 0.5) is 4.39 Å². The highest BCUT2D eigenvalue weighted by atomic mass is 32.2. The van der Waals surface area contributed by atoms with Crippen LogP contribution in [0.3, 0.4) is 0 Å². The zero-order valence-electron chi connectivity index (χ0n) is 15.0. The number of nitrogens with zero attached hydrogens (tertiary/aromatic N) is 5. The second-order valence-electron chi connectivity index (χ2n) is 5.90. The van der Waals surface area contributed by atoms with E-state index < -0.39 is 0 Å². The summed E-state index contributed by atoms with van der Waals surface area (Å²) in [4.78, 5) is 4.36. The van der Waals surface area contributed by atoms with Crippen molar-refractivity contribution in [3.63, 3.8) is 0 Å². The van der Waals surface area contributed by atoms with E-state index in [0.717, 1.165) is 11.3 Å². The number of halogens is 1. The van der Waals surface area contributed by atoms with E-state index in [2.05, 4.69) is 26.9 Å². The molecule has 0 aliphatic heterocycles. The molecule has 0 aliphatic carbocycles. The first-order valence-corrected chi connectivity index (χ1v) is 9.44.